The summed E-state index contributed by atoms with van der Waals surface area (Å²) in [5.74, 6) is 0.358. The molecule has 0 unspecified atom stereocenters. The number of sulfonamides is 1. The normalized spacial score (nSPS) is 13.3. The number of hydrogen-bond acceptors (Lipinski definition) is 7. The van der Waals surface area contributed by atoms with Crippen LogP contribution in [0.5, 0.6) is 11.5 Å². The molecule has 2 heterocycles. The fourth-order valence-electron chi connectivity index (χ4n) is 2.34. The molecule has 1 aliphatic rings. The molecule has 0 spiro atoms. The second-order valence-electron chi connectivity index (χ2n) is 5.08. The van der Waals surface area contributed by atoms with Crippen LogP contribution < -0.4 is 13.8 Å². The lowest BCUT2D eigenvalue weighted by molar-refractivity contribution is -0.141. The molecule has 0 bridgehead atoms. The zero-order valence-corrected chi connectivity index (χ0v) is 15.1. The zero-order valence-electron chi connectivity index (χ0n) is 13.5. The largest absolute Gasteiger partial charge is 0.486 e. The van der Waals surface area contributed by atoms with Gasteiger partial charge in [-0.25, -0.2) is 8.42 Å². The van der Waals surface area contributed by atoms with Gasteiger partial charge < -0.3 is 14.2 Å². The lowest BCUT2D eigenvalue weighted by Crippen LogP contribution is -2.36. The van der Waals surface area contributed by atoms with Gasteiger partial charge in [0.1, 0.15) is 24.0 Å². The van der Waals surface area contributed by atoms with Crippen molar-refractivity contribution in [3.63, 3.8) is 0 Å². The summed E-state index contributed by atoms with van der Waals surface area (Å²) in [4.78, 5) is 12.0. The van der Waals surface area contributed by atoms with Crippen LogP contribution in [-0.2, 0) is 19.6 Å². The van der Waals surface area contributed by atoms with Crippen molar-refractivity contribution in [2.75, 3.05) is 30.7 Å². The molecule has 1 aromatic carbocycles. The van der Waals surface area contributed by atoms with Gasteiger partial charge in [0.15, 0.2) is 11.5 Å². The Morgan fingerprint density at radius 3 is 2.68 bits per heavy atom. The summed E-state index contributed by atoms with van der Waals surface area (Å²) in [5, 5.41) is 1.67. The summed E-state index contributed by atoms with van der Waals surface area (Å²) < 4.78 is 43.0. The van der Waals surface area contributed by atoms with Crippen molar-refractivity contribution < 1.29 is 27.4 Å². The molecule has 25 heavy (non-hydrogen) atoms. The van der Waals surface area contributed by atoms with E-state index in [0.29, 0.717) is 30.4 Å². The lowest BCUT2D eigenvalue weighted by atomic mass is 10.2. The highest BCUT2D eigenvalue weighted by molar-refractivity contribution is 7.94. The molecule has 134 valence electrons. The number of carbonyl (C=O) groups excluding carboxylic acids is 1. The van der Waals surface area contributed by atoms with E-state index in [0.717, 1.165) is 15.6 Å². The van der Waals surface area contributed by atoms with Crippen LogP contribution in [0.4, 0.5) is 5.69 Å². The summed E-state index contributed by atoms with van der Waals surface area (Å²) in [6.07, 6.45) is 0. The maximum atomic E-state index is 13.0. The van der Waals surface area contributed by atoms with Gasteiger partial charge >= 0.3 is 5.97 Å². The monoisotopic (exact) mass is 383 g/mol. The molecule has 2 aromatic rings. The van der Waals surface area contributed by atoms with Crippen molar-refractivity contribution in [2.45, 2.75) is 11.1 Å². The predicted molar refractivity (Wildman–Crippen MR) is 92.9 cm³/mol. The number of nitrogens with zero attached hydrogens (tertiary/aromatic N) is 1. The van der Waals surface area contributed by atoms with E-state index in [9.17, 15) is 13.2 Å². The molecule has 7 nitrogen and oxygen atoms in total. The van der Waals surface area contributed by atoms with Crippen LogP contribution in [0.25, 0.3) is 0 Å². The maximum Gasteiger partial charge on any atom is 0.326 e. The van der Waals surface area contributed by atoms with Crippen LogP contribution in [0, 0.1) is 0 Å². The van der Waals surface area contributed by atoms with Crippen molar-refractivity contribution >= 4 is 33.0 Å². The van der Waals surface area contributed by atoms with Gasteiger partial charge in [0.2, 0.25) is 0 Å². The number of hydrogen-bond donors (Lipinski definition) is 0. The van der Waals surface area contributed by atoms with Crippen molar-refractivity contribution in [1.82, 2.24) is 0 Å². The van der Waals surface area contributed by atoms with Gasteiger partial charge in [-0.2, -0.15) is 0 Å². The number of carbonyl (C=O) groups is 1. The minimum atomic E-state index is -3.90. The summed E-state index contributed by atoms with van der Waals surface area (Å²) in [6, 6.07) is 7.91. The Kier molecular flexibility index (Phi) is 5.14. The molecule has 3 rings (SSSR count). The van der Waals surface area contributed by atoms with Crippen LogP contribution in [0.1, 0.15) is 6.92 Å². The van der Waals surface area contributed by atoms with E-state index < -0.39 is 22.5 Å². The Morgan fingerprint density at radius 1 is 1.24 bits per heavy atom. The standard InChI is InChI=1S/C16H17NO6S2/c1-2-21-15(18)11-17(25(19,20)16-4-3-9-24-16)12-5-6-13-14(10-12)23-8-7-22-13/h3-6,9-10H,2,7-8,11H2,1H3. The molecule has 0 N–H and O–H groups in total. The molecule has 1 aromatic heterocycles. The highest BCUT2D eigenvalue weighted by Gasteiger charge is 2.29. The van der Waals surface area contributed by atoms with Crippen molar-refractivity contribution in [2.24, 2.45) is 0 Å². The Morgan fingerprint density at radius 2 is 2.00 bits per heavy atom. The van der Waals surface area contributed by atoms with Gasteiger partial charge in [-0.3, -0.25) is 9.10 Å². The maximum absolute atomic E-state index is 13.0. The second kappa shape index (κ2) is 7.32. The van der Waals surface area contributed by atoms with Crippen molar-refractivity contribution in [3.05, 3.63) is 35.7 Å². The molecule has 0 radical (unpaired) electrons. The SMILES string of the molecule is CCOC(=O)CN(c1ccc2c(c1)OCCO2)S(=O)(=O)c1cccs1. The minimum Gasteiger partial charge on any atom is -0.486 e. The lowest BCUT2D eigenvalue weighted by Gasteiger charge is -2.25. The first kappa shape index (κ1) is 17.6. The fourth-order valence-corrected chi connectivity index (χ4v) is 4.85. The topological polar surface area (TPSA) is 82.1 Å². The van der Waals surface area contributed by atoms with Crippen molar-refractivity contribution in [1.29, 1.82) is 0 Å². The molecule has 0 atom stereocenters. The zero-order chi connectivity index (χ0) is 17.9. The van der Waals surface area contributed by atoms with E-state index in [4.69, 9.17) is 14.2 Å². The van der Waals surface area contributed by atoms with Crippen LogP contribution in [-0.4, -0.2) is 40.8 Å². The molecule has 1 aliphatic heterocycles. The Labute approximate surface area is 149 Å². The second-order valence-corrected chi connectivity index (χ2v) is 8.11. The third-order valence-corrected chi connectivity index (χ3v) is 6.58. The summed E-state index contributed by atoms with van der Waals surface area (Å²) in [7, 11) is -3.90. The van der Waals surface area contributed by atoms with Gasteiger partial charge in [-0.05, 0) is 30.5 Å². The third kappa shape index (κ3) is 3.72. The molecule has 0 amide bonds. The molecule has 0 saturated carbocycles. The van der Waals surface area contributed by atoms with Crippen molar-refractivity contribution in [3.8, 4) is 11.5 Å². The molecule has 0 saturated heterocycles. The van der Waals surface area contributed by atoms with Gasteiger partial charge in [-0.15, -0.1) is 11.3 Å². The average molecular weight is 383 g/mol. The molecular weight excluding hydrogens is 366 g/mol. The quantitative estimate of drug-likeness (QED) is 0.712. The first-order valence-electron chi connectivity index (χ1n) is 7.64. The summed E-state index contributed by atoms with van der Waals surface area (Å²) >= 11 is 1.08. The highest BCUT2D eigenvalue weighted by Crippen LogP contribution is 2.36. The minimum absolute atomic E-state index is 0.145. The average Bonchev–Trinajstić information content (AvgIpc) is 3.15. The number of fused-ring (bicyclic) bond motifs is 1. The first-order chi connectivity index (χ1) is 12.0. The van der Waals surface area contributed by atoms with E-state index in [1.165, 1.54) is 6.07 Å². The highest BCUT2D eigenvalue weighted by atomic mass is 32.2. The smallest absolute Gasteiger partial charge is 0.326 e. The Bertz CT molecular complexity index is 848. The van der Waals surface area contributed by atoms with Crippen LogP contribution in [0.2, 0.25) is 0 Å². The van der Waals surface area contributed by atoms with Gasteiger partial charge in [-0.1, -0.05) is 6.07 Å². The fraction of sp³-hybridized carbons (Fsp3) is 0.312. The van der Waals surface area contributed by atoms with E-state index in [2.05, 4.69) is 0 Å². The molecular formula is C16H17NO6S2. The van der Waals surface area contributed by atoms with E-state index in [-0.39, 0.29) is 10.8 Å². The number of rotatable bonds is 6. The summed E-state index contributed by atoms with van der Waals surface area (Å²) in [5.41, 5.74) is 0.311. The number of anilines is 1. The van der Waals surface area contributed by atoms with Crippen LogP contribution in [0.15, 0.2) is 39.9 Å². The molecule has 0 fully saturated rings. The van der Waals surface area contributed by atoms with Gasteiger partial charge in [0.05, 0.1) is 12.3 Å². The number of benzene rings is 1. The van der Waals surface area contributed by atoms with Gasteiger partial charge in [0.25, 0.3) is 10.0 Å². The summed E-state index contributed by atoms with van der Waals surface area (Å²) in [6.45, 7) is 2.24. The predicted octanol–water partition coefficient (Wildman–Crippen LogP) is 2.28. The number of esters is 1. The number of thiophene rings is 1. The Balaban J connectivity index is 2.00. The van der Waals surface area contributed by atoms with E-state index >= 15 is 0 Å². The van der Waals surface area contributed by atoms with Gasteiger partial charge in [0, 0.05) is 6.07 Å². The van der Waals surface area contributed by atoms with Crippen LogP contribution in [0.3, 0.4) is 0 Å². The molecule has 9 heteroatoms. The van der Waals surface area contributed by atoms with E-state index in [1.807, 2.05) is 0 Å². The third-order valence-electron chi connectivity index (χ3n) is 3.43. The Hall–Kier alpha value is -2.26. The number of ether oxygens (including phenoxy) is 3. The first-order valence-corrected chi connectivity index (χ1v) is 9.96. The molecule has 0 aliphatic carbocycles. The van der Waals surface area contributed by atoms with E-state index in [1.54, 1.807) is 36.6 Å². The van der Waals surface area contributed by atoms with Crippen LogP contribution >= 0.6 is 11.3 Å².